The lowest BCUT2D eigenvalue weighted by Gasteiger charge is -2.38. The summed E-state index contributed by atoms with van der Waals surface area (Å²) in [6, 6.07) is 5.82. The highest BCUT2D eigenvalue weighted by Crippen LogP contribution is 2.45. The standard InChI is InChI=1S/C25H31N3O4S/c1-14-7-8-20(15(2)9-14)23-22(24(30)31-6)18(5)26-25-28(23)19(13-33-25)10-21(29)27-11-16(3)32-17(4)12-27/h7-9,13,16-17,23H,10-12H2,1-6H3/t16-,17-,23+/m0/s1. The number of aliphatic imine (C=N–C) groups is 1. The fourth-order valence-corrected chi connectivity index (χ4v) is 5.78. The zero-order valence-electron chi connectivity index (χ0n) is 20.0. The fraction of sp³-hybridized carbons (Fsp3) is 0.480. The number of amides is 1. The van der Waals surface area contributed by atoms with Gasteiger partial charge in [0.25, 0.3) is 0 Å². The largest absolute Gasteiger partial charge is 0.466 e. The SMILES string of the molecule is COC(=O)C1=C(C)N=C2SC=C(CC(=O)N3C[C@H](C)O[C@@H](C)C3)N2[C@@H]1c1ccc(C)cc1C. The van der Waals surface area contributed by atoms with Crippen molar-refractivity contribution in [1.29, 1.82) is 0 Å². The lowest BCUT2D eigenvalue weighted by Crippen LogP contribution is -2.48. The van der Waals surface area contributed by atoms with Gasteiger partial charge in [-0.05, 0) is 51.2 Å². The molecule has 3 aliphatic heterocycles. The molecule has 7 nitrogen and oxygen atoms in total. The third-order valence-corrected chi connectivity index (χ3v) is 7.12. The summed E-state index contributed by atoms with van der Waals surface area (Å²) in [5, 5.41) is 2.75. The van der Waals surface area contributed by atoms with Crippen LogP contribution >= 0.6 is 11.8 Å². The average Bonchev–Trinajstić information content (AvgIpc) is 3.13. The second-order valence-corrected chi connectivity index (χ2v) is 9.81. The molecule has 0 aromatic heterocycles. The fourth-order valence-electron chi connectivity index (χ4n) is 4.82. The van der Waals surface area contributed by atoms with Gasteiger partial charge in [0.15, 0.2) is 5.17 Å². The minimum absolute atomic E-state index is 0.0104. The van der Waals surface area contributed by atoms with Crippen LogP contribution < -0.4 is 0 Å². The number of ether oxygens (including phenoxy) is 2. The van der Waals surface area contributed by atoms with Crippen molar-refractivity contribution >= 4 is 28.8 Å². The number of nitrogens with zero attached hydrogens (tertiary/aromatic N) is 3. The number of carbonyl (C=O) groups is 2. The van der Waals surface area contributed by atoms with Crippen molar-refractivity contribution in [1.82, 2.24) is 9.80 Å². The maximum atomic E-state index is 13.3. The Balaban J connectivity index is 1.70. The van der Waals surface area contributed by atoms with Crippen LogP contribution in [-0.4, -0.2) is 59.3 Å². The van der Waals surface area contributed by atoms with Crippen molar-refractivity contribution in [3.63, 3.8) is 0 Å². The van der Waals surface area contributed by atoms with Crippen molar-refractivity contribution in [3.8, 4) is 0 Å². The highest BCUT2D eigenvalue weighted by atomic mass is 32.2. The third kappa shape index (κ3) is 4.59. The van der Waals surface area contributed by atoms with Crippen molar-refractivity contribution in [2.75, 3.05) is 20.2 Å². The lowest BCUT2D eigenvalue weighted by molar-refractivity contribution is -0.142. The molecule has 4 rings (SSSR count). The molecule has 33 heavy (non-hydrogen) atoms. The van der Waals surface area contributed by atoms with E-state index in [1.54, 1.807) is 0 Å². The van der Waals surface area contributed by atoms with Gasteiger partial charge in [-0.25, -0.2) is 9.79 Å². The topological polar surface area (TPSA) is 71.4 Å². The zero-order chi connectivity index (χ0) is 23.9. The Kier molecular flexibility index (Phi) is 6.68. The first kappa shape index (κ1) is 23.6. The first-order valence-electron chi connectivity index (χ1n) is 11.2. The van der Waals surface area contributed by atoms with Gasteiger partial charge in [-0.15, -0.1) is 0 Å². The summed E-state index contributed by atoms with van der Waals surface area (Å²) >= 11 is 1.49. The Hall–Kier alpha value is -2.58. The molecule has 1 fully saturated rings. The van der Waals surface area contributed by atoms with Crippen molar-refractivity contribution < 1.29 is 19.1 Å². The number of thioether (sulfide) groups is 1. The number of amidine groups is 1. The van der Waals surface area contributed by atoms with Crippen molar-refractivity contribution in [2.45, 2.75) is 59.3 Å². The van der Waals surface area contributed by atoms with E-state index < -0.39 is 12.0 Å². The molecular weight excluding hydrogens is 438 g/mol. The maximum absolute atomic E-state index is 13.3. The van der Waals surface area contributed by atoms with Crippen LogP contribution in [0.1, 0.15) is 49.9 Å². The Bertz CT molecular complexity index is 1070. The number of esters is 1. The molecule has 0 radical (unpaired) electrons. The first-order chi connectivity index (χ1) is 15.7. The molecule has 0 unspecified atom stereocenters. The monoisotopic (exact) mass is 469 g/mol. The number of methoxy groups -OCH3 is 1. The van der Waals surface area contributed by atoms with Crippen LogP contribution in [0.2, 0.25) is 0 Å². The number of carbonyl (C=O) groups excluding carboxylic acids is 2. The van der Waals surface area contributed by atoms with Gasteiger partial charge in [0.2, 0.25) is 5.91 Å². The normalized spacial score (nSPS) is 25.0. The van der Waals surface area contributed by atoms with Gasteiger partial charge >= 0.3 is 5.97 Å². The number of hydrogen-bond acceptors (Lipinski definition) is 7. The number of aryl methyl sites for hydroxylation is 2. The predicted molar refractivity (Wildman–Crippen MR) is 130 cm³/mol. The van der Waals surface area contributed by atoms with Crippen LogP contribution in [0.4, 0.5) is 0 Å². The molecule has 0 aliphatic carbocycles. The van der Waals surface area contributed by atoms with Gasteiger partial charge < -0.3 is 19.3 Å². The third-order valence-electron chi connectivity index (χ3n) is 6.23. The number of allylic oxidation sites excluding steroid dienone is 1. The highest BCUT2D eigenvalue weighted by molar-refractivity contribution is 8.16. The first-order valence-corrected chi connectivity index (χ1v) is 12.1. The summed E-state index contributed by atoms with van der Waals surface area (Å²) in [7, 11) is 1.39. The van der Waals surface area contributed by atoms with Crippen LogP contribution in [0.3, 0.4) is 0 Å². The molecule has 0 saturated carbocycles. The van der Waals surface area contributed by atoms with Crippen molar-refractivity contribution in [2.24, 2.45) is 4.99 Å². The van der Waals surface area contributed by atoms with Crippen LogP contribution in [0, 0.1) is 13.8 Å². The Morgan fingerprint density at radius 1 is 1.18 bits per heavy atom. The van der Waals surface area contributed by atoms with E-state index in [2.05, 4.69) is 12.1 Å². The quantitative estimate of drug-likeness (QED) is 0.619. The summed E-state index contributed by atoms with van der Waals surface area (Å²) < 4.78 is 10.9. The minimum atomic E-state index is -0.404. The summed E-state index contributed by atoms with van der Waals surface area (Å²) in [5.41, 5.74) is 5.22. The molecular formula is C25H31N3O4S. The van der Waals surface area contributed by atoms with E-state index in [0.717, 1.165) is 27.6 Å². The van der Waals surface area contributed by atoms with E-state index in [1.165, 1.54) is 18.9 Å². The van der Waals surface area contributed by atoms with Crippen LogP contribution in [0.15, 0.2) is 45.6 Å². The molecule has 1 saturated heterocycles. The van der Waals surface area contributed by atoms with E-state index in [4.69, 9.17) is 14.5 Å². The van der Waals surface area contributed by atoms with E-state index in [1.807, 2.05) is 55.9 Å². The molecule has 1 aromatic carbocycles. The van der Waals surface area contributed by atoms with E-state index >= 15 is 0 Å². The zero-order valence-corrected chi connectivity index (χ0v) is 20.9. The number of hydrogen-bond donors (Lipinski definition) is 0. The molecule has 1 aromatic rings. The second-order valence-electron chi connectivity index (χ2n) is 8.98. The van der Waals surface area contributed by atoms with Gasteiger partial charge in [-0.2, -0.15) is 0 Å². The molecule has 3 aliphatic rings. The molecule has 1 amide bonds. The minimum Gasteiger partial charge on any atom is -0.466 e. The molecule has 3 heterocycles. The molecule has 0 bridgehead atoms. The van der Waals surface area contributed by atoms with E-state index in [0.29, 0.717) is 24.4 Å². The molecule has 0 N–H and O–H groups in total. The molecule has 0 spiro atoms. The highest BCUT2D eigenvalue weighted by Gasteiger charge is 2.42. The number of fused-ring (bicyclic) bond motifs is 1. The Morgan fingerprint density at radius 3 is 2.52 bits per heavy atom. The van der Waals surface area contributed by atoms with Gasteiger partial charge in [-0.1, -0.05) is 35.5 Å². The van der Waals surface area contributed by atoms with E-state index in [-0.39, 0.29) is 24.5 Å². The Morgan fingerprint density at radius 2 is 1.88 bits per heavy atom. The lowest BCUT2D eigenvalue weighted by atomic mass is 9.90. The van der Waals surface area contributed by atoms with Gasteiger partial charge in [0, 0.05) is 18.8 Å². The molecule has 176 valence electrons. The summed E-state index contributed by atoms with van der Waals surface area (Å²) in [5.74, 6) is -0.353. The number of morpholine rings is 1. The Labute approximate surface area is 199 Å². The average molecular weight is 470 g/mol. The van der Waals surface area contributed by atoms with Gasteiger partial charge in [0.05, 0.1) is 43.1 Å². The van der Waals surface area contributed by atoms with Crippen molar-refractivity contribution in [3.05, 3.63) is 57.3 Å². The molecule has 3 atom stereocenters. The van der Waals surface area contributed by atoms with Crippen LogP contribution in [-0.2, 0) is 19.1 Å². The summed E-state index contributed by atoms with van der Waals surface area (Å²) in [4.78, 5) is 34.8. The van der Waals surface area contributed by atoms with Crippen LogP contribution in [0.5, 0.6) is 0 Å². The maximum Gasteiger partial charge on any atom is 0.338 e. The number of rotatable bonds is 4. The summed E-state index contributed by atoms with van der Waals surface area (Å²) in [6.07, 6.45) is 0.257. The number of benzene rings is 1. The predicted octanol–water partition coefficient (Wildman–Crippen LogP) is 4.08. The smallest absolute Gasteiger partial charge is 0.338 e. The summed E-state index contributed by atoms with van der Waals surface area (Å²) in [6.45, 7) is 11.1. The van der Waals surface area contributed by atoms with Crippen LogP contribution in [0.25, 0.3) is 0 Å². The molecule has 8 heteroatoms. The van der Waals surface area contributed by atoms with Gasteiger partial charge in [-0.3, -0.25) is 4.79 Å². The van der Waals surface area contributed by atoms with Gasteiger partial charge in [0.1, 0.15) is 0 Å². The van der Waals surface area contributed by atoms with E-state index in [9.17, 15) is 9.59 Å². The second kappa shape index (κ2) is 9.35.